The zero-order chi connectivity index (χ0) is 16.1. The van der Waals surface area contributed by atoms with Crippen molar-refractivity contribution in [1.29, 1.82) is 0 Å². The fourth-order valence-electron chi connectivity index (χ4n) is 1.51. The maximum atomic E-state index is 11.9. The van der Waals surface area contributed by atoms with E-state index in [1.165, 1.54) is 0 Å². The minimum Gasteiger partial charge on any atom is -0.383 e. The summed E-state index contributed by atoms with van der Waals surface area (Å²) in [6.45, 7) is 13.6. The lowest BCUT2D eigenvalue weighted by molar-refractivity contribution is 0.0784. The summed E-state index contributed by atoms with van der Waals surface area (Å²) in [4.78, 5) is 4.46. The molecule has 0 spiro atoms. The maximum absolute atomic E-state index is 11.9. The molecule has 0 aliphatic rings. The highest BCUT2D eigenvalue weighted by Gasteiger charge is 2.43. The van der Waals surface area contributed by atoms with Crippen LogP contribution in [0.4, 0.5) is 0 Å². The highest BCUT2D eigenvalue weighted by molar-refractivity contribution is 7.91. The Kier molecular flexibility index (Phi) is 4.33. The molecule has 1 aromatic rings. The van der Waals surface area contributed by atoms with Crippen molar-refractivity contribution in [3.63, 3.8) is 0 Å². The van der Waals surface area contributed by atoms with Crippen molar-refractivity contribution in [2.45, 2.75) is 62.6 Å². The van der Waals surface area contributed by atoms with E-state index in [1.807, 2.05) is 0 Å². The lowest BCUT2D eigenvalue weighted by Crippen LogP contribution is -2.52. The van der Waals surface area contributed by atoms with Crippen LogP contribution in [-0.4, -0.2) is 26.6 Å². The van der Waals surface area contributed by atoms with Gasteiger partial charge in [0, 0.05) is 0 Å². The number of nitrogens with zero attached hydrogens (tertiary/aromatic N) is 1. The van der Waals surface area contributed by atoms with Crippen LogP contribution in [0.1, 0.15) is 39.6 Å². The quantitative estimate of drug-likeness (QED) is 0.822. The van der Waals surface area contributed by atoms with E-state index in [-0.39, 0.29) is 9.25 Å². The van der Waals surface area contributed by atoms with Gasteiger partial charge >= 0.3 is 0 Å². The Morgan fingerprint density at radius 3 is 1.95 bits per heavy atom. The van der Waals surface area contributed by atoms with Crippen molar-refractivity contribution < 1.29 is 13.5 Å². The Morgan fingerprint density at radius 2 is 1.65 bits per heavy atom. The molecule has 20 heavy (non-hydrogen) atoms. The van der Waals surface area contributed by atoms with Crippen molar-refractivity contribution in [3.8, 4) is 0 Å². The van der Waals surface area contributed by atoms with E-state index >= 15 is 0 Å². The molecule has 0 unspecified atom stereocenters. The molecular formula is C12H24N2O3S2Si. The summed E-state index contributed by atoms with van der Waals surface area (Å²) in [5.74, 6) is 0. The summed E-state index contributed by atoms with van der Waals surface area (Å²) in [6, 6.07) is 0. The van der Waals surface area contributed by atoms with E-state index in [1.54, 1.807) is 13.8 Å². The van der Waals surface area contributed by atoms with Gasteiger partial charge in [-0.25, -0.2) is 18.5 Å². The second-order valence-corrected chi connectivity index (χ2v) is 15.1. The van der Waals surface area contributed by atoms with Crippen molar-refractivity contribution in [2.75, 3.05) is 0 Å². The van der Waals surface area contributed by atoms with Crippen LogP contribution in [0.5, 0.6) is 0 Å². The SMILES string of the molecule is CC(C)(O)c1nc([Si](C)(C)C(C)(C)C)c(S(N)(=O)=O)s1. The van der Waals surface area contributed by atoms with Crippen LogP contribution >= 0.6 is 11.3 Å². The number of hydrogen-bond acceptors (Lipinski definition) is 5. The third-order valence-corrected chi connectivity index (χ3v) is 12.3. The molecule has 0 aliphatic carbocycles. The van der Waals surface area contributed by atoms with Crippen molar-refractivity contribution in [1.82, 2.24) is 4.98 Å². The summed E-state index contributed by atoms with van der Waals surface area (Å²) in [6.07, 6.45) is 0. The Morgan fingerprint density at radius 1 is 1.20 bits per heavy atom. The molecule has 1 heterocycles. The number of thiazole rings is 1. The first-order chi connectivity index (χ1) is 8.58. The Bertz CT molecular complexity index is 608. The lowest BCUT2D eigenvalue weighted by Gasteiger charge is -2.35. The van der Waals surface area contributed by atoms with Crippen molar-refractivity contribution >= 4 is 34.8 Å². The van der Waals surface area contributed by atoms with Crippen LogP contribution in [0.3, 0.4) is 0 Å². The molecule has 0 amide bonds. The molecule has 5 nitrogen and oxygen atoms in total. The highest BCUT2D eigenvalue weighted by Crippen LogP contribution is 2.38. The monoisotopic (exact) mass is 336 g/mol. The van der Waals surface area contributed by atoms with Gasteiger partial charge < -0.3 is 5.11 Å². The molecule has 0 aliphatic heterocycles. The second kappa shape index (κ2) is 4.87. The lowest BCUT2D eigenvalue weighted by atomic mass is 10.2. The predicted octanol–water partition coefficient (Wildman–Crippen LogP) is 1.73. The van der Waals surface area contributed by atoms with E-state index in [9.17, 15) is 13.5 Å². The molecular weight excluding hydrogens is 312 g/mol. The molecule has 0 saturated carbocycles. The fraction of sp³-hybridized carbons (Fsp3) is 0.750. The Hall–Kier alpha value is -0.283. The number of aromatic nitrogens is 1. The van der Waals surface area contributed by atoms with Crippen LogP contribution < -0.4 is 10.5 Å². The molecule has 3 N–H and O–H groups in total. The van der Waals surface area contributed by atoms with Crippen LogP contribution in [0.2, 0.25) is 18.1 Å². The van der Waals surface area contributed by atoms with Gasteiger partial charge in [-0.3, -0.25) is 0 Å². The van der Waals surface area contributed by atoms with E-state index in [2.05, 4.69) is 38.8 Å². The van der Waals surface area contributed by atoms with Gasteiger partial charge in [0.05, 0.1) is 5.32 Å². The molecule has 116 valence electrons. The number of sulfonamides is 1. The first-order valence-corrected chi connectivity index (χ1v) is 11.7. The summed E-state index contributed by atoms with van der Waals surface area (Å²) in [5, 5.41) is 16.3. The molecule has 0 saturated heterocycles. The smallest absolute Gasteiger partial charge is 0.249 e. The second-order valence-electron chi connectivity index (χ2n) is 7.13. The average molecular weight is 337 g/mol. The van der Waals surface area contributed by atoms with Crippen molar-refractivity contribution in [3.05, 3.63) is 5.01 Å². The highest BCUT2D eigenvalue weighted by atomic mass is 32.2. The number of hydrogen-bond donors (Lipinski definition) is 2. The van der Waals surface area contributed by atoms with Crippen LogP contribution in [0, 0.1) is 0 Å². The van der Waals surface area contributed by atoms with E-state index in [0.29, 0.717) is 10.3 Å². The minimum atomic E-state index is -3.84. The first kappa shape index (κ1) is 17.8. The fourth-order valence-corrected chi connectivity index (χ4v) is 7.04. The molecule has 0 bridgehead atoms. The molecule has 8 heteroatoms. The van der Waals surface area contributed by atoms with Gasteiger partial charge in [0.2, 0.25) is 10.0 Å². The number of rotatable bonds is 3. The van der Waals surface area contributed by atoms with Crippen LogP contribution in [0.25, 0.3) is 0 Å². The molecule has 0 aromatic carbocycles. The van der Waals surface area contributed by atoms with Crippen molar-refractivity contribution in [2.24, 2.45) is 5.14 Å². The van der Waals surface area contributed by atoms with E-state index in [0.717, 1.165) is 11.3 Å². The standard InChI is InChI=1S/C12H24N2O3S2Si/c1-11(2,3)20(6,7)8-9(19(13,16)17)18-10(14-8)12(4,5)15/h15H,1-7H3,(H2,13,16,17). The summed E-state index contributed by atoms with van der Waals surface area (Å²) in [5.41, 5.74) is -1.18. The van der Waals surface area contributed by atoms with Gasteiger partial charge in [0.15, 0.2) is 4.21 Å². The zero-order valence-corrected chi connectivity index (χ0v) is 15.7. The molecule has 1 aromatic heterocycles. The van der Waals surface area contributed by atoms with Gasteiger partial charge in [-0.15, -0.1) is 11.3 Å². The van der Waals surface area contributed by atoms with Crippen LogP contribution in [-0.2, 0) is 15.6 Å². The topological polar surface area (TPSA) is 93.3 Å². The molecule has 0 radical (unpaired) electrons. The van der Waals surface area contributed by atoms with Gasteiger partial charge in [0.1, 0.15) is 18.7 Å². The molecule has 1 rings (SSSR count). The van der Waals surface area contributed by atoms with Gasteiger partial charge in [-0.2, -0.15) is 0 Å². The largest absolute Gasteiger partial charge is 0.383 e. The summed E-state index contributed by atoms with van der Waals surface area (Å²) < 4.78 is 23.8. The zero-order valence-electron chi connectivity index (χ0n) is 13.1. The van der Waals surface area contributed by atoms with Gasteiger partial charge in [0.25, 0.3) is 0 Å². The van der Waals surface area contributed by atoms with Gasteiger partial charge in [-0.05, 0) is 18.9 Å². The Balaban J connectivity index is 3.67. The number of nitrogens with two attached hydrogens (primary N) is 1. The summed E-state index contributed by atoms with van der Waals surface area (Å²) >= 11 is 0.977. The normalized spacial score (nSPS) is 14.7. The third-order valence-electron chi connectivity index (χ3n) is 3.84. The molecule has 0 fully saturated rings. The van der Waals surface area contributed by atoms with E-state index in [4.69, 9.17) is 5.14 Å². The average Bonchev–Trinajstić information content (AvgIpc) is 2.58. The third kappa shape index (κ3) is 3.30. The minimum absolute atomic E-state index is 0.0720. The maximum Gasteiger partial charge on any atom is 0.249 e. The van der Waals surface area contributed by atoms with Crippen LogP contribution in [0.15, 0.2) is 4.21 Å². The number of aliphatic hydroxyl groups is 1. The first-order valence-electron chi connectivity index (χ1n) is 6.35. The Labute approximate surface area is 126 Å². The predicted molar refractivity (Wildman–Crippen MR) is 85.6 cm³/mol. The van der Waals surface area contributed by atoms with Gasteiger partial charge in [-0.1, -0.05) is 33.9 Å². The summed E-state index contributed by atoms with van der Waals surface area (Å²) in [7, 11) is -6.00. The number of primary sulfonamides is 1. The molecule has 0 atom stereocenters. The van der Waals surface area contributed by atoms with E-state index < -0.39 is 23.7 Å².